The van der Waals surface area contributed by atoms with Crippen LogP contribution >= 0.6 is 0 Å². The van der Waals surface area contributed by atoms with Crippen molar-refractivity contribution in [3.63, 3.8) is 0 Å². The molecule has 2 aromatic carbocycles. The molecule has 26 heavy (non-hydrogen) atoms. The van der Waals surface area contributed by atoms with E-state index in [-0.39, 0.29) is 5.91 Å². The van der Waals surface area contributed by atoms with Crippen LogP contribution < -0.4 is 19.5 Å². The maximum atomic E-state index is 12.6. The van der Waals surface area contributed by atoms with Gasteiger partial charge in [0.25, 0.3) is 5.91 Å². The number of methoxy groups -OCH3 is 2. The zero-order valence-electron chi connectivity index (χ0n) is 14.4. The van der Waals surface area contributed by atoms with E-state index in [4.69, 9.17) is 14.2 Å². The molecule has 0 atom stereocenters. The Morgan fingerprint density at radius 3 is 2.42 bits per heavy atom. The molecule has 0 aliphatic heterocycles. The first-order valence-electron chi connectivity index (χ1n) is 7.91. The van der Waals surface area contributed by atoms with E-state index in [0.29, 0.717) is 34.2 Å². The van der Waals surface area contributed by atoms with Crippen molar-refractivity contribution in [2.24, 2.45) is 0 Å². The quantitative estimate of drug-likeness (QED) is 0.723. The number of benzene rings is 2. The molecule has 0 bridgehead atoms. The zero-order chi connectivity index (χ0) is 18.4. The van der Waals surface area contributed by atoms with Crippen LogP contribution in [0.5, 0.6) is 23.0 Å². The topological polar surface area (TPSA) is 69.7 Å². The van der Waals surface area contributed by atoms with E-state index in [1.165, 1.54) is 14.2 Å². The molecule has 3 rings (SSSR count). The summed E-state index contributed by atoms with van der Waals surface area (Å²) >= 11 is 0. The Morgan fingerprint density at radius 2 is 1.69 bits per heavy atom. The third kappa shape index (κ3) is 3.92. The first-order chi connectivity index (χ1) is 12.7. The van der Waals surface area contributed by atoms with Gasteiger partial charge in [0.2, 0.25) is 0 Å². The van der Waals surface area contributed by atoms with Gasteiger partial charge in [-0.25, -0.2) is 0 Å². The molecular formula is C20H18N2O4. The van der Waals surface area contributed by atoms with Crippen molar-refractivity contribution < 1.29 is 19.0 Å². The SMILES string of the molecule is COc1cccc(C(=O)Nc2cccc(Oc3ccncc3)c2)c1OC. The summed E-state index contributed by atoms with van der Waals surface area (Å²) in [5, 5.41) is 2.84. The van der Waals surface area contributed by atoms with Crippen molar-refractivity contribution in [1.29, 1.82) is 0 Å². The Hall–Kier alpha value is -3.54. The van der Waals surface area contributed by atoms with Crippen LogP contribution in [0.3, 0.4) is 0 Å². The number of para-hydroxylation sites is 1. The van der Waals surface area contributed by atoms with Crippen LogP contribution in [-0.4, -0.2) is 25.1 Å². The van der Waals surface area contributed by atoms with Crippen LogP contribution in [0.4, 0.5) is 5.69 Å². The number of hydrogen-bond donors (Lipinski definition) is 1. The third-order valence-corrected chi connectivity index (χ3v) is 3.62. The molecule has 0 saturated heterocycles. The lowest BCUT2D eigenvalue weighted by Gasteiger charge is -2.13. The lowest BCUT2D eigenvalue weighted by molar-refractivity contribution is 0.102. The average molecular weight is 350 g/mol. The van der Waals surface area contributed by atoms with Gasteiger partial charge in [-0.05, 0) is 36.4 Å². The van der Waals surface area contributed by atoms with Gasteiger partial charge in [0, 0.05) is 24.1 Å². The van der Waals surface area contributed by atoms with E-state index < -0.39 is 0 Å². The van der Waals surface area contributed by atoms with Gasteiger partial charge in [-0.3, -0.25) is 9.78 Å². The molecule has 0 aliphatic rings. The maximum Gasteiger partial charge on any atom is 0.259 e. The summed E-state index contributed by atoms with van der Waals surface area (Å²) in [5.41, 5.74) is 0.985. The number of nitrogens with zero attached hydrogens (tertiary/aromatic N) is 1. The molecule has 6 heteroatoms. The molecule has 6 nitrogen and oxygen atoms in total. The monoisotopic (exact) mass is 350 g/mol. The Kier molecular flexibility index (Phi) is 5.34. The molecule has 0 radical (unpaired) electrons. The second-order valence-corrected chi connectivity index (χ2v) is 5.31. The van der Waals surface area contributed by atoms with Crippen LogP contribution in [0.15, 0.2) is 67.0 Å². The van der Waals surface area contributed by atoms with Crippen LogP contribution in [0.1, 0.15) is 10.4 Å². The minimum absolute atomic E-state index is 0.304. The number of carbonyl (C=O) groups excluding carboxylic acids is 1. The van der Waals surface area contributed by atoms with E-state index in [9.17, 15) is 4.79 Å². The van der Waals surface area contributed by atoms with E-state index in [0.717, 1.165) is 0 Å². The van der Waals surface area contributed by atoms with Crippen molar-refractivity contribution in [1.82, 2.24) is 4.98 Å². The first kappa shape index (κ1) is 17.3. The minimum Gasteiger partial charge on any atom is -0.493 e. The van der Waals surface area contributed by atoms with Crippen molar-refractivity contribution in [3.05, 3.63) is 72.6 Å². The molecule has 0 saturated carbocycles. The van der Waals surface area contributed by atoms with Gasteiger partial charge in [0.1, 0.15) is 11.5 Å². The lowest BCUT2D eigenvalue weighted by Crippen LogP contribution is -2.13. The van der Waals surface area contributed by atoms with Gasteiger partial charge < -0.3 is 19.5 Å². The molecule has 0 aliphatic carbocycles. The molecular weight excluding hydrogens is 332 g/mol. The normalized spacial score (nSPS) is 10.1. The highest BCUT2D eigenvalue weighted by Crippen LogP contribution is 2.31. The smallest absolute Gasteiger partial charge is 0.259 e. The first-order valence-corrected chi connectivity index (χ1v) is 7.91. The third-order valence-electron chi connectivity index (χ3n) is 3.62. The molecule has 3 aromatic rings. The predicted molar refractivity (Wildman–Crippen MR) is 98.3 cm³/mol. The number of pyridine rings is 1. The molecule has 0 spiro atoms. The molecule has 0 fully saturated rings. The molecule has 0 unspecified atom stereocenters. The summed E-state index contributed by atoms with van der Waals surface area (Å²) in [6.07, 6.45) is 3.30. The fourth-order valence-corrected chi connectivity index (χ4v) is 2.44. The molecule has 1 heterocycles. The van der Waals surface area contributed by atoms with Crippen molar-refractivity contribution in [2.45, 2.75) is 0 Å². The fraction of sp³-hybridized carbons (Fsp3) is 0.100. The maximum absolute atomic E-state index is 12.6. The second-order valence-electron chi connectivity index (χ2n) is 5.31. The van der Waals surface area contributed by atoms with E-state index in [1.54, 1.807) is 60.9 Å². The highest BCUT2D eigenvalue weighted by atomic mass is 16.5. The van der Waals surface area contributed by atoms with Gasteiger partial charge in [-0.15, -0.1) is 0 Å². The lowest BCUT2D eigenvalue weighted by atomic mass is 10.1. The number of ether oxygens (including phenoxy) is 3. The van der Waals surface area contributed by atoms with Crippen LogP contribution in [0, 0.1) is 0 Å². The van der Waals surface area contributed by atoms with Crippen LogP contribution in [-0.2, 0) is 0 Å². The molecule has 1 amide bonds. The summed E-state index contributed by atoms with van der Waals surface area (Å²) in [5.74, 6) is 1.85. The van der Waals surface area contributed by atoms with E-state index in [2.05, 4.69) is 10.3 Å². The Balaban J connectivity index is 1.79. The van der Waals surface area contributed by atoms with Gasteiger partial charge in [0.15, 0.2) is 11.5 Å². The van der Waals surface area contributed by atoms with Crippen molar-refractivity contribution in [2.75, 3.05) is 19.5 Å². The number of nitrogens with one attached hydrogen (secondary N) is 1. The molecule has 1 N–H and O–H groups in total. The number of anilines is 1. The number of carbonyl (C=O) groups is 1. The number of hydrogen-bond acceptors (Lipinski definition) is 5. The summed E-state index contributed by atoms with van der Waals surface area (Å²) in [6, 6.07) is 15.8. The highest BCUT2D eigenvalue weighted by molar-refractivity contribution is 6.06. The standard InChI is InChI=1S/C20H18N2O4/c1-24-18-8-4-7-17(19(18)25-2)20(23)22-14-5-3-6-16(13-14)26-15-9-11-21-12-10-15/h3-13H,1-2H3,(H,22,23). The highest BCUT2D eigenvalue weighted by Gasteiger charge is 2.16. The van der Waals surface area contributed by atoms with Gasteiger partial charge in [0.05, 0.1) is 19.8 Å². The molecule has 132 valence electrons. The van der Waals surface area contributed by atoms with E-state index in [1.807, 2.05) is 6.07 Å². The van der Waals surface area contributed by atoms with Crippen molar-refractivity contribution >= 4 is 11.6 Å². The summed E-state index contributed by atoms with van der Waals surface area (Å²) in [4.78, 5) is 16.6. The summed E-state index contributed by atoms with van der Waals surface area (Å²) in [6.45, 7) is 0. The number of aromatic nitrogens is 1. The number of amides is 1. The predicted octanol–water partition coefficient (Wildman–Crippen LogP) is 4.14. The Bertz CT molecular complexity index is 897. The summed E-state index contributed by atoms with van der Waals surface area (Å²) < 4.78 is 16.3. The summed E-state index contributed by atoms with van der Waals surface area (Å²) in [7, 11) is 3.03. The van der Waals surface area contributed by atoms with E-state index >= 15 is 0 Å². The van der Waals surface area contributed by atoms with Gasteiger partial charge >= 0.3 is 0 Å². The fourth-order valence-electron chi connectivity index (χ4n) is 2.44. The van der Waals surface area contributed by atoms with Crippen molar-refractivity contribution in [3.8, 4) is 23.0 Å². The van der Waals surface area contributed by atoms with Gasteiger partial charge in [-0.2, -0.15) is 0 Å². The average Bonchev–Trinajstić information content (AvgIpc) is 2.68. The van der Waals surface area contributed by atoms with Crippen LogP contribution in [0.2, 0.25) is 0 Å². The minimum atomic E-state index is -0.304. The van der Waals surface area contributed by atoms with Crippen LogP contribution in [0.25, 0.3) is 0 Å². The molecule has 1 aromatic heterocycles. The van der Waals surface area contributed by atoms with Gasteiger partial charge in [-0.1, -0.05) is 12.1 Å². The Labute approximate surface area is 151 Å². The second kappa shape index (κ2) is 8.02. The largest absolute Gasteiger partial charge is 0.493 e. The zero-order valence-corrected chi connectivity index (χ0v) is 14.4. The Morgan fingerprint density at radius 1 is 0.923 bits per heavy atom. The number of rotatable bonds is 6.